The lowest BCUT2D eigenvalue weighted by atomic mass is 10.2. The van der Waals surface area contributed by atoms with Gasteiger partial charge >= 0.3 is 0 Å². The van der Waals surface area contributed by atoms with Gasteiger partial charge in [-0.25, -0.2) is 9.97 Å². The van der Waals surface area contributed by atoms with Crippen LogP contribution in [0.2, 0.25) is 0 Å². The Hall–Kier alpha value is -0.980. The van der Waals surface area contributed by atoms with Crippen LogP contribution >= 0.6 is 15.9 Å². The molecular weight excluding hydrogens is 308 g/mol. The molecular formula is C13H17BrN4O. The van der Waals surface area contributed by atoms with Crippen molar-refractivity contribution in [3.05, 3.63) is 22.6 Å². The summed E-state index contributed by atoms with van der Waals surface area (Å²) in [5.41, 5.74) is 1.74. The van der Waals surface area contributed by atoms with Crippen LogP contribution in [0.15, 0.2) is 16.7 Å². The molecule has 1 fully saturated rings. The van der Waals surface area contributed by atoms with E-state index in [4.69, 9.17) is 4.74 Å². The van der Waals surface area contributed by atoms with Crippen molar-refractivity contribution in [2.24, 2.45) is 0 Å². The summed E-state index contributed by atoms with van der Waals surface area (Å²) < 4.78 is 6.70. The minimum absolute atomic E-state index is 0.278. The maximum absolute atomic E-state index is 5.74. The molecule has 2 aromatic heterocycles. The fourth-order valence-corrected chi connectivity index (χ4v) is 2.96. The van der Waals surface area contributed by atoms with Crippen molar-refractivity contribution in [1.82, 2.24) is 19.9 Å². The zero-order valence-corrected chi connectivity index (χ0v) is 12.6. The molecule has 1 aliphatic rings. The number of nitrogens with one attached hydrogen (secondary N) is 1. The largest absolute Gasteiger partial charge is 0.373 e. The van der Waals surface area contributed by atoms with Gasteiger partial charge in [0.15, 0.2) is 5.65 Å². The predicted octanol–water partition coefficient (Wildman–Crippen LogP) is 2.33. The SMILES string of the molecule is CC1CN(Cc2nc3ncc(Br)cc3[nH]2)CC(C)O1. The molecule has 0 radical (unpaired) electrons. The number of pyridine rings is 1. The van der Waals surface area contributed by atoms with Crippen molar-refractivity contribution in [1.29, 1.82) is 0 Å². The number of rotatable bonds is 2. The summed E-state index contributed by atoms with van der Waals surface area (Å²) in [6.07, 6.45) is 2.33. The van der Waals surface area contributed by atoms with Crippen molar-refractivity contribution < 1.29 is 4.74 Å². The van der Waals surface area contributed by atoms with Gasteiger partial charge in [-0.1, -0.05) is 0 Å². The summed E-state index contributed by atoms with van der Waals surface area (Å²) in [5, 5.41) is 0. The van der Waals surface area contributed by atoms with Gasteiger partial charge in [-0.15, -0.1) is 0 Å². The third-order valence-corrected chi connectivity index (χ3v) is 3.66. The Balaban J connectivity index is 1.77. The number of H-pyrrole nitrogens is 1. The smallest absolute Gasteiger partial charge is 0.177 e. The molecule has 0 saturated carbocycles. The maximum atomic E-state index is 5.74. The van der Waals surface area contributed by atoms with Crippen LogP contribution in [0, 0.1) is 0 Å². The number of imidazole rings is 1. The molecule has 0 spiro atoms. The van der Waals surface area contributed by atoms with Gasteiger partial charge < -0.3 is 9.72 Å². The third-order valence-electron chi connectivity index (χ3n) is 3.22. The van der Waals surface area contributed by atoms with Crippen LogP contribution in [0.3, 0.4) is 0 Å². The average molecular weight is 325 g/mol. The molecule has 1 N–H and O–H groups in total. The summed E-state index contributed by atoms with van der Waals surface area (Å²) in [6, 6.07) is 2.00. The quantitative estimate of drug-likeness (QED) is 0.921. The van der Waals surface area contributed by atoms with Crippen molar-refractivity contribution in [2.75, 3.05) is 13.1 Å². The molecule has 6 heteroatoms. The summed E-state index contributed by atoms with van der Waals surface area (Å²) in [6.45, 7) is 6.92. The lowest BCUT2D eigenvalue weighted by molar-refractivity contribution is -0.0710. The average Bonchev–Trinajstić information content (AvgIpc) is 2.68. The van der Waals surface area contributed by atoms with Crippen LogP contribution < -0.4 is 0 Å². The van der Waals surface area contributed by atoms with E-state index in [2.05, 4.69) is 49.6 Å². The molecule has 2 unspecified atom stereocenters. The molecule has 3 heterocycles. The molecule has 0 amide bonds. The van der Waals surface area contributed by atoms with Gasteiger partial charge in [0.1, 0.15) is 5.82 Å². The topological polar surface area (TPSA) is 54.0 Å². The van der Waals surface area contributed by atoms with Crippen LogP contribution in [0.4, 0.5) is 0 Å². The zero-order valence-electron chi connectivity index (χ0n) is 11.1. The molecule has 1 saturated heterocycles. The molecule has 0 aromatic carbocycles. The van der Waals surface area contributed by atoms with E-state index < -0.39 is 0 Å². The van der Waals surface area contributed by atoms with Crippen LogP contribution in [-0.2, 0) is 11.3 Å². The fraction of sp³-hybridized carbons (Fsp3) is 0.538. The number of hydrogen-bond donors (Lipinski definition) is 1. The standard InChI is InChI=1S/C13H17BrN4O/c1-8-5-18(6-9(2)19-8)7-12-16-11-3-10(14)4-15-13(11)17-12/h3-4,8-9H,5-7H2,1-2H3,(H,15,16,17). The number of halogens is 1. The van der Waals surface area contributed by atoms with Gasteiger partial charge in [0.25, 0.3) is 0 Å². The highest BCUT2D eigenvalue weighted by Crippen LogP contribution is 2.17. The van der Waals surface area contributed by atoms with Crippen LogP contribution in [0.1, 0.15) is 19.7 Å². The lowest BCUT2D eigenvalue weighted by Gasteiger charge is -2.34. The number of fused-ring (bicyclic) bond motifs is 1. The summed E-state index contributed by atoms with van der Waals surface area (Å²) >= 11 is 3.42. The first kappa shape index (κ1) is 13.0. The molecule has 3 rings (SSSR count). The van der Waals surface area contributed by atoms with E-state index in [-0.39, 0.29) is 12.2 Å². The first-order valence-corrected chi connectivity index (χ1v) is 7.27. The van der Waals surface area contributed by atoms with Gasteiger partial charge in [-0.2, -0.15) is 0 Å². The van der Waals surface area contributed by atoms with Gasteiger partial charge in [0.05, 0.1) is 24.3 Å². The Morgan fingerprint density at radius 1 is 1.42 bits per heavy atom. The van der Waals surface area contributed by atoms with E-state index in [0.29, 0.717) is 0 Å². The highest BCUT2D eigenvalue weighted by molar-refractivity contribution is 9.10. The normalized spacial score (nSPS) is 25.0. The highest BCUT2D eigenvalue weighted by atomic mass is 79.9. The number of aromatic amines is 1. The first-order chi connectivity index (χ1) is 9.10. The van der Waals surface area contributed by atoms with Crippen LogP contribution in [0.25, 0.3) is 11.2 Å². The van der Waals surface area contributed by atoms with Crippen molar-refractivity contribution in [3.63, 3.8) is 0 Å². The molecule has 0 aliphatic carbocycles. The summed E-state index contributed by atoms with van der Waals surface area (Å²) in [5.74, 6) is 0.960. The Bertz CT molecular complexity index is 575. The molecule has 1 aliphatic heterocycles. The Labute approximate surface area is 120 Å². The number of ether oxygens (including phenoxy) is 1. The Kier molecular flexibility index (Phi) is 3.56. The monoisotopic (exact) mass is 324 g/mol. The van der Waals surface area contributed by atoms with Crippen LogP contribution in [0.5, 0.6) is 0 Å². The second-order valence-electron chi connectivity index (χ2n) is 5.16. The second-order valence-corrected chi connectivity index (χ2v) is 6.08. The predicted molar refractivity (Wildman–Crippen MR) is 76.9 cm³/mol. The Morgan fingerprint density at radius 2 is 2.16 bits per heavy atom. The van der Waals surface area contributed by atoms with Crippen molar-refractivity contribution >= 4 is 27.1 Å². The van der Waals surface area contributed by atoms with E-state index in [1.165, 1.54) is 0 Å². The van der Waals surface area contributed by atoms with Gasteiger partial charge in [0, 0.05) is 23.8 Å². The van der Waals surface area contributed by atoms with Gasteiger partial charge in [-0.05, 0) is 35.8 Å². The molecule has 19 heavy (non-hydrogen) atoms. The van der Waals surface area contributed by atoms with E-state index in [1.807, 2.05) is 6.07 Å². The summed E-state index contributed by atoms with van der Waals surface area (Å²) in [4.78, 5) is 14.5. The maximum Gasteiger partial charge on any atom is 0.177 e. The highest BCUT2D eigenvalue weighted by Gasteiger charge is 2.22. The van der Waals surface area contributed by atoms with E-state index >= 15 is 0 Å². The van der Waals surface area contributed by atoms with Gasteiger partial charge in [-0.3, -0.25) is 4.90 Å². The fourth-order valence-electron chi connectivity index (χ4n) is 2.62. The van der Waals surface area contributed by atoms with Gasteiger partial charge in [0.2, 0.25) is 0 Å². The third kappa shape index (κ3) is 2.96. The van der Waals surface area contributed by atoms with E-state index in [1.54, 1.807) is 6.20 Å². The zero-order chi connectivity index (χ0) is 13.4. The molecule has 2 aromatic rings. The molecule has 2 atom stereocenters. The Morgan fingerprint density at radius 3 is 2.89 bits per heavy atom. The molecule has 0 bridgehead atoms. The first-order valence-electron chi connectivity index (χ1n) is 6.48. The summed E-state index contributed by atoms with van der Waals surface area (Å²) in [7, 11) is 0. The number of nitrogens with zero attached hydrogens (tertiary/aromatic N) is 3. The lowest BCUT2D eigenvalue weighted by Crippen LogP contribution is -2.44. The van der Waals surface area contributed by atoms with Crippen LogP contribution in [-0.4, -0.2) is 45.1 Å². The number of morpholine rings is 1. The van der Waals surface area contributed by atoms with Crippen molar-refractivity contribution in [3.8, 4) is 0 Å². The van der Waals surface area contributed by atoms with E-state index in [9.17, 15) is 0 Å². The number of aromatic nitrogens is 3. The molecule has 5 nitrogen and oxygen atoms in total. The van der Waals surface area contributed by atoms with Crippen molar-refractivity contribution in [2.45, 2.75) is 32.6 Å². The minimum atomic E-state index is 0.278. The number of hydrogen-bond acceptors (Lipinski definition) is 4. The minimum Gasteiger partial charge on any atom is -0.373 e. The molecule has 102 valence electrons. The second kappa shape index (κ2) is 5.19. The van der Waals surface area contributed by atoms with E-state index in [0.717, 1.165) is 41.1 Å².